The Bertz CT molecular complexity index is 245. The zero-order valence-electron chi connectivity index (χ0n) is 13.7. The van der Waals surface area contributed by atoms with Crippen LogP contribution in [0.25, 0.3) is 0 Å². The van der Waals surface area contributed by atoms with Gasteiger partial charge >= 0.3 is 0 Å². The van der Waals surface area contributed by atoms with Gasteiger partial charge in [-0.15, -0.1) is 0 Å². The second-order valence-corrected chi connectivity index (χ2v) is 4.76. The minimum atomic E-state index is -1.33. The number of rotatable bonds is 12. The average Bonchev–Trinajstić information content (AvgIpc) is 2.37. The fraction of sp³-hybridized carbons (Fsp3) is 0.929. The Kier molecular flexibility index (Phi) is 15.5. The molecule has 4 nitrogen and oxygen atoms in total. The first-order valence-corrected chi connectivity index (χ1v) is 7.74. The molecule has 0 saturated carbocycles. The van der Waals surface area contributed by atoms with Crippen LogP contribution in [0.3, 0.4) is 0 Å². The summed E-state index contributed by atoms with van der Waals surface area (Å²) in [5.74, 6) is -1.33. The smallest absolute Gasteiger partial charge is 0.250 e. The molecule has 0 rings (SSSR count). The molecule has 0 aliphatic heterocycles. The number of ether oxygens (including phenoxy) is 3. The first-order valence-electron chi connectivity index (χ1n) is 7.24. The molecule has 112 valence electrons. The van der Waals surface area contributed by atoms with E-state index >= 15 is 0 Å². The van der Waals surface area contributed by atoms with Crippen molar-refractivity contribution in [1.29, 1.82) is 0 Å². The van der Waals surface area contributed by atoms with Gasteiger partial charge in [0.05, 0.1) is 0 Å². The van der Waals surface area contributed by atoms with Gasteiger partial charge in [-0.05, 0) is 27.2 Å². The Hall–Kier alpha value is 0.767. The van der Waals surface area contributed by atoms with E-state index in [1.165, 1.54) is 0 Å². The average molecular weight is 310 g/mol. The Morgan fingerprint density at radius 2 is 1.60 bits per heavy atom. The number of carbonyl (C=O) groups excluding carboxylic acids is 1. The Morgan fingerprint density at radius 1 is 1.05 bits per heavy atom. The van der Waals surface area contributed by atoms with Crippen molar-refractivity contribution in [2.24, 2.45) is 0 Å². The molecule has 4 radical (unpaired) electrons. The van der Waals surface area contributed by atoms with E-state index in [0.717, 1.165) is 25.7 Å². The summed E-state index contributed by atoms with van der Waals surface area (Å²) in [5, 5.41) is -0.314. The predicted molar refractivity (Wildman–Crippen MR) is 82.1 cm³/mol. The van der Waals surface area contributed by atoms with Gasteiger partial charge in [-0.25, -0.2) is 0 Å². The first-order chi connectivity index (χ1) is 9.08. The van der Waals surface area contributed by atoms with Gasteiger partial charge in [0, 0.05) is 49.4 Å². The summed E-state index contributed by atoms with van der Waals surface area (Å²) in [6, 6.07) is 0. The topological polar surface area (TPSA) is 44.8 Å². The Balaban J connectivity index is 0. The van der Waals surface area contributed by atoms with Gasteiger partial charge in [0.15, 0.2) is 5.41 Å². The first kappa shape index (κ1) is 23.0. The maximum absolute atomic E-state index is 12.0. The zero-order chi connectivity index (χ0) is 14.7. The van der Waals surface area contributed by atoms with Crippen molar-refractivity contribution in [1.82, 2.24) is 0 Å². The minimum Gasteiger partial charge on any atom is -0.372 e. The summed E-state index contributed by atoms with van der Waals surface area (Å²) in [7, 11) is 3.07. The molecular weight excluding hydrogens is 283 g/mol. The SMILES string of the molecule is CCCCCC(OCC)C(OCC)(OCC)C(=O)[Si].[Na]. The monoisotopic (exact) mass is 310 g/mol. The largest absolute Gasteiger partial charge is 0.372 e. The molecule has 0 aliphatic rings. The minimum absolute atomic E-state index is 0. The zero-order valence-corrected chi connectivity index (χ0v) is 16.7. The fourth-order valence-corrected chi connectivity index (χ4v) is 2.40. The number of hydrogen-bond acceptors (Lipinski definition) is 4. The van der Waals surface area contributed by atoms with Crippen molar-refractivity contribution in [3.63, 3.8) is 0 Å². The standard InChI is InChI=1S/C14H27O4Si.Na/c1-5-9-10-11-12(16-6-2)14(13(15)19,17-7-3)18-8-4;/h12H,5-11H2,1-4H3;. The Morgan fingerprint density at radius 3 is 1.95 bits per heavy atom. The van der Waals surface area contributed by atoms with E-state index < -0.39 is 5.79 Å². The number of carbonyl (C=O) groups is 1. The molecule has 0 bridgehead atoms. The summed E-state index contributed by atoms with van der Waals surface area (Å²) < 4.78 is 17.0. The van der Waals surface area contributed by atoms with E-state index in [1.54, 1.807) is 0 Å². The van der Waals surface area contributed by atoms with Crippen LogP contribution in [0.4, 0.5) is 0 Å². The van der Waals surface area contributed by atoms with Crippen molar-refractivity contribution >= 4 is 45.2 Å². The van der Waals surface area contributed by atoms with Crippen LogP contribution in [-0.2, 0) is 19.0 Å². The molecule has 1 atom stereocenters. The van der Waals surface area contributed by atoms with Crippen molar-refractivity contribution in [3.8, 4) is 0 Å². The van der Waals surface area contributed by atoms with Crippen LogP contribution < -0.4 is 0 Å². The third-order valence-corrected chi connectivity index (χ3v) is 3.24. The summed E-state index contributed by atoms with van der Waals surface area (Å²) in [6.07, 6.45) is 3.58. The van der Waals surface area contributed by atoms with Gasteiger partial charge in [0.2, 0.25) is 5.79 Å². The third-order valence-electron chi connectivity index (χ3n) is 2.90. The molecule has 0 amide bonds. The van der Waals surface area contributed by atoms with Crippen molar-refractivity contribution in [3.05, 3.63) is 0 Å². The van der Waals surface area contributed by atoms with Crippen LogP contribution in [0.5, 0.6) is 0 Å². The summed E-state index contributed by atoms with van der Waals surface area (Å²) in [6.45, 7) is 9.06. The van der Waals surface area contributed by atoms with Gasteiger partial charge < -0.3 is 19.0 Å². The van der Waals surface area contributed by atoms with Crippen LogP contribution in [0.1, 0.15) is 53.4 Å². The van der Waals surface area contributed by atoms with Crippen molar-refractivity contribution < 1.29 is 19.0 Å². The summed E-state index contributed by atoms with van der Waals surface area (Å²) >= 11 is 0. The molecule has 20 heavy (non-hydrogen) atoms. The van der Waals surface area contributed by atoms with E-state index in [2.05, 4.69) is 17.2 Å². The molecule has 0 aliphatic carbocycles. The molecule has 0 heterocycles. The van der Waals surface area contributed by atoms with Crippen molar-refractivity contribution in [2.45, 2.75) is 65.3 Å². The molecule has 0 aromatic carbocycles. The summed E-state index contributed by atoms with van der Waals surface area (Å²) in [5.41, 5.74) is 0. The maximum atomic E-state index is 12.0. The normalized spacial score (nSPS) is 12.8. The molecule has 6 heteroatoms. The van der Waals surface area contributed by atoms with Gasteiger partial charge in [-0.3, -0.25) is 0 Å². The number of unbranched alkanes of at least 4 members (excludes halogenated alkanes) is 2. The second kappa shape index (κ2) is 13.4. The summed E-state index contributed by atoms with van der Waals surface area (Å²) in [4.78, 5) is 12.0. The predicted octanol–water partition coefficient (Wildman–Crippen LogP) is 2.06. The molecule has 0 N–H and O–H groups in total. The van der Waals surface area contributed by atoms with E-state index in [4.69, 9.17) is 14.2 Å². The Labute approximate surface area is 149 Å². The molecule has 1 unspecified atom stereocenters. The van der Waals surface area contributed by atoms with Gasteiger partial charge in [0.1, 0.15) is 16.3 Å². The van der Waals surface area contributed by atoms with E-state index in [-0.39, 0.29) is 41.1 Å². The van der Waals surface area contributed by atoms with E-state index in [1.807, 2.05) is 20.8 Å². The third kappa shape index (κ3) is 7.16. The second-order valence-electron chi connectivity index (χ2n) is 4.30. The van der Waals surface area contributed by atoms with Crippen molar-refractivity contribution in [2.75, 3.05) is 19.8 Å². The van der Waals surface area contributed by atoms with E-state index in [9.17, 15) is 4.79 Å². The van der Waals surface area contributed by atoms with Crippen LogP contribution in [0.2, 0.25) is 0 Å². The van der Waals surface area contributed by atoms with E-state index in [0.29, 0.717) is 19.8 Å². The van der Waals surface area contributed by atoms with Crippen LogP contribution in [0.15, 0.2) is 0 Å². The van der Waals surface area contributed by atoms with Gasteiger partial charge in [-0.1, -0.05) is 26.2 Å². The number of hydrogen-bond donors (Lipinski definition) is 0. The molecule has 0 saturated heterocycles. The van der Waals surface area contributed by atoms with Gasteiger partial charge in [0.25, 0.3) is 0 Å². The molecule has 0 aromatic heterocycles. The van der Waals surface area contributed by atoms with Gasteiger partial charge in [-0.2, -0.15) is 0 Å². The molecule has 0 fully saturated rings. The quantitative estimate of drug-likeness (QED) is 0.314. The van der Waals surface area contributed by atoms with Crippen LogP contribution >= 0.6 is 0 Å². The van der Waals surface area contributed by atoms with Crippen LogP contribution in [0, 0.1) is 0 Å². The fourth-order valence-electron chi connectivity index (χ4n) is 2.10. The molecule has 0 aromatic rings. The molecule has 0 spiro atoms. The maximum Gasteiger partial charge on any atom is 0.250 e. The van der Waals surface area contributed by atoms with Crippen LogP contribution in [-0.4, -0.2) is 76.9 Å². The molecular formula is C14H27NaO4Si.